The molecule has 0 fully saturated rings. The summed E-state index contributed by atoms with van der Waals surface area (Å²) < 4.78 is 4.83. The van der Waals surface area contributed by atoms with Crippen molar-refractivity contribution in [3.8, 4) is 0 Å². The van der Waals surface area contributed by atoms with Crippen molar-refractivity contribution in [3.05, 3.63) is 60.3 Å². The third-order valence-corrected chi connectivity index (χ3v) is 4.65. The van der Waals surface area contributed by atoms with Crippen LogP contribution in [0, 0.1) is 0 Å². The Kier molecular flexibility index (Phi) is 2.29. The summed E-state index contributed by atoms with van der Waals surface area (Å²) in [5.41, 5.74) is 1.44. The fourth-order valence-corrected chi connectivity index (χ4v) is 3.64. The van der Waals surface area contributed by atoms with Crippen molar-refractivity contribution in [3.63, 3.8) is 0 Å². The molecule has 0 spiro atoms. The fourth-order valence-electron chi connectivity index (χ4n) is 3.64. The highest BCUT2D eigenvalue weighted by molar-refractivity contribution is 6.28. The molecule has 3 nitrogen and oxygen atoms in total. The second-order valence-corrected chi connectivity index (χ2v) is 5.87. The zero-order valence-corrected chi connectivity index (χ0v) is 12.5. The fraction of sp³-hybridized carbons (Fsp3) is 0.0500. The molecule has 0 aliphatic rings. The SMILES string of the molecule is COC(=O)c1cc2c(cc3ccc4cccc5ccc2c3c45)[nH]1. The Labute approximate surface area is 131 Å². The number of benzene rings is 4. The first-order valence-corrected chi connectivity index (χ1v) is 7.54. The van der Waals surface area contributed by atoms with E-state index in [-0.39, 0.29) is 5.97 Å². The summed E-state index contributed by atoms with van der Waals surface area (Å²) >= 11 is 0. The highest BCUT2D eigenvalue weighted by Gasteiger charge is 2.15. The first kappa shape index (κ1) is 12.5. The van der Waals surface area contributed by atoms with Crippen LogP contribution in [0.4, 0.5) is 0 Å². The topological polar surface area (TPSA) is 42.1 Å². The zero-order chi connectivity index (χ0) is 15.6. The Hall–Kier alpha value is -3.07. The van der Waals surface area contributed by atoms with Gasteiger partial charge in [-0.3, -0.25) is 0 Å². The molecule has 23 heavy (non-hydrogen) atoms. The minimum absolute atomic E-state index is 0.345. The molecule has 4 aromatic carbocycles. The van der Waals surface area contributed by atoms with E-state index in [4.69, 9.17) is 4.74 Å². The van der Waals surface area contributed by atoms with Crippen molar-refractivity contribution in [1.82, 2.24) is 4.98 Å². The van der Waals surface area contributed by atoms with Gasteiger partial charge in [-0.15, -0.1) is 0 Å². The molecule has 0 aliphatic heterocycles. The lowest BCUT2D eigenvalue weighted by Crippen LogP contribution is -2.00. The monoisotopic (exact) mass is 299 g/mol. The minimum Gasteiger partial charge on any atom is -0.464 e. The molecule has 0 atom stereocenters. The summed E-state index contributed by atoms with van der Waals surface area (Å²) in [6.07, 6.45) is 0. The van der Waals surface area contributed by atoms with Crippen LogP contribution in [0.25, 0.3) is 43.2 Å². The van der Waals surface area contributed by atoms with Gasteiger partial charge in [0.1, 0.15) is 5.69 Å². The summed E-state index contributed by atoms with van der Waals surface area (Å²) in [5, 5.41) is 8.40. The maximum Gasteiger partial charge on any atom is 0.354 e. The Bertz CT molecular complexity index is 1200. The van der Waals surface area contributed by atoms with E-state index < -0.39 is 0 Å². The van der Waals surface area contributed by atoms with E-state index in [2.05, 4.69) is 53.5 Å². The number of esters is 1. The van der Waals surface area contributed by atoms with E-state index in [0.29, 0.717) is 5.69 Å². The molecule has 0 bridgehead atoms. The van der Waals surface area contributed by atoms with Gasteiger partial charge in [0.05, 0.1) is 7.11 Å². The summed E-state index contributed by atoms with van der Waals surface area (Å²) in [6, 6.07) is 18.9. The normalized spacial score (nSPS) is 11.9. The van der Waals surface area contributed by atoms with Crippen molar-refractivity contribution in [2.75, 3.05) is 7.11 Å². The molecular weight excluding hydrogens is 286 g/mol. The van der Waals surface area contributed by atoms with Crippen molar-refractivity contribution >= 4 is 49.2 Å². The van der Waals surface area contributed by atoms with Crippen LogP contribution in [0.15, 0.2) is 54.6 Å². The number of H-pyrrole nitrogens is 1. The maximum absolute atomic E-state index is 11.8. The van der Waals surface area contributed by atoms with Crippen molar-refractivity contribution < 1.29 is 9.53 Å². The average Bonchev–Trinajstić information content (AvgIpc) is 3.02. The van der Waals surface area contributed by atoms with Gasteiger partial charge >= 0.3 is 5.97 Å². The van der Waals surface area contributed by atoms with Gasteiger partial charge in [0.25, 0.3) is 0 Å². The van der Waals surface area contributed by atoms with Crippen molar-refractivity contribution in [2.24, 2.45) is 0 Å². The van der Waals surface area contributed by atoms with E-state index in [0.717, 1.165) is 16.3 Å². The average molecular weight is 299 g/mol. The van der Waals surface area contributed by atoms with Crippen LogP contribution in [-0.2, 0) is 4.74 Å². The van der Waals surface area contributed by atoms with Gasteiger partial charge in [-0.05, 0) is 44.5 Å². The Morgan fingerprint density at radius 3 is 2.39 bits per heavy atom. The minimum atomic E-state index is -0.345. The van der Waals surface area contributed by atoms with Crippen LogP contribution < -0.4 is 0 Å². The Morgan fingerprint density at radius 1 is 0.870 bits per heavy atom. The number of aromatic amines is 1. The van der Waals surface area contributed by atoms with Gasteiger partial charge in [0, 0.05) is 10.9 Å². The number of rotatable bonds is 1. The molecule has 0 saturated carbocycles. The Morgan fingerprint density at radius 2 is 1.61 bits per heavy atom. The lowest BCUT2D eigenvalue weighted by atomic mass is 9.93. The predicted octanol–water partition coefficient (Wildman–Crippen LogP) is 4.85. The van der Waals surface area contributed by atoms with Crippen LogP contribution in [0.5, 0.6) is 0 Å². The van der Waals surface area contributed by atoms with Gasteiger partial charge in [0.15, 0.2) is 0 Å². The molecule has 0 radical (unpaired) electrons. The molecule has 1 aromatic heterocycles. The van der Waals surface area contributed by atoms with Crippen LogP contribution in [0.1, 0.15) is 10.5 Å². The molecule has 5 rings (SSSR count). The van der Waals surface area contributed by atoms with E-state index in [1.165, 1.54) is 34.0 Å². The molecule has 0 saturated heterocycles. The molecule has 3 heteroatoms. The van der Waals surface area contributed by atoms with Crippen molar-refractivity contribution in [2.45, 2.75) is 0 Å². The number of carbonyl (C=O) groups excluding carboxylic acids is 1. The molecule has 110 valence electrons. The number of hydrogen-bond donors (Lipinski definition) is 1. The van der Waals surface area contributed by atoms with Gasteiger partial charge < -0.3 is 9.72 Å². The molecular formula is C20H13NO2. The van der Waals surface area contributed by atoms with Gasteiger partial charge in [-0.1, -0.05) is 42.5 Å². The second-order valence-electron chi connectivity index (χ2n) is 5.87. The number of carbonyl (C=O) groups is 1. The number of aromatic nitrogens is 1. The zero-order valence-electron chi connectivity index (χ0n) is 12.5. The summed E-state index contributed by atoms with van der Waals surface area (Å²) in [7, 11) is 1.40. The number of fused-ring (bicyclic) bond motifs is 2. The lowest BCUT2D eigenvalue weighted by Gasteiger charge is -2.11. The molecule has 0 unspecified atom stereocenters. The summed E-state index contributed by atoms with van der Waals surface area (Å²) in [4.78, 5) is 15.0. The van der Waals surface area contributed by atoms with Gasteiger partial charge in [-0.25, -0.2) is 4.79 Å². The molecule has 0 amide bonds. The van der Waals surface area contributed by atoms with E-state index in [1.807, 2.05) is 6.07 Å². The third kappa shape index (κ3) is 1.56. The van der Waals surface area contributed by atoms with Crippen molar-refractivity contribution in [1.29, 1.82) is 0 Å². The van der Waals surface area contributed by atoms with Gasteiger partial charge in [0.2, 0.25) is 0 Å². The second kappa shape index (κ2) is 4.23. The first-order valence-electron chi connectivity index (χ1n) is 7.54. The standard InChI is InChI=1S/C20H13NO2/c1-23-20(22)17-10-15-14-8-7-12-4-2-3-11-5-6-13(9-16(15)21-17)19(14)18(11)12/h2-10,21H,1H3. The summed E-state index contributed by atoms with van der Waals surface area (Å²) in [6.45, 7) is 0. The van der Waals surface area contributed by atoms with Crippen LogP contribution in [0.3, 0.4) is 0 Å². The highest BCUT2D eigenvalue weighted by atomic mass is 16.5. The number of methoxy groups -OCH3 is 1. The van der Waals surface area contributed by atoms with Crippen LogP contribution in [-0.4, -0.2) is 18.1 Å². The quantitative estimate of drug-likeness (QED) is 0.355. The van der Waals surface area contributed by atoms with Crippen LogP contribution >= 0.6 is 0 Å². The Balaban J connectivity index is 2.03. The number of nitrogens with one attached hydrogen (secondary N) is 1. The lowest BCUT2D eigenvalue weighted by molar-refractivity contribution is 0.0595. The molecule has 0 aliphatic carbocycles. The third-order valence-electron chi connectivity index (χ3n) is 4.65. The summed E-state index contributed by atoms with van der Waals surface area (Å²) in [5.74, 6) is -0.345. The maximum atomic E-state index is 11.8. The number of hydrogen-bond acceptors (Lipinski definition) is 2. The number of ether oxygens (including phenoxy) is 1. The highest BCUT2D eigenvalue weighted by Crippen LogP contribution is 2.38. The predicted molar refractivity (Wildman–Crippen MR) is 93.3 cm³/mol. The van der Waals surface area contributed by atoms with Gasteiger partial charge in [-0.2, -0.15) is 0 Å². The van der Waals surface area contributed by atoms with Crippen LogP contribution in [0.2, 0.25) is 0 Å². The molecule has 1 heterocycles. The van der Waals surface area contributed by atoms with E-state index >= 15 is 0 Å². The van der Waals surface area contributed by atoms with E-state index in [1.54, 1.807) is 0 Å². The first-order chi connectivity index (χ1) is 11.3. The largest absolute Gasteiger partial charge is 0.464 e. The molecule has 1 N–H and O–H groups in total. The molecule has 5 aromatic rings. The smallest absolute Gasteiger partial charge is 0.354 e. The van der Waals surface area contributed by atoms with E-state index in [9.17, 15) is 4.79 Å².